The molecule has 0 spiro atoms. The van der Waals surface area contributed by atoms with Crippen molar-refractivity contribution in [2.45, 2.75) is 6.10 Å². The molecule has 0 bridgehead atoms. The molecule has 1 atom stereocenters. The number of aliphatic hydroxyl groups excluding tert-OH is 2. The number of nitrogens with zero attached hydrogens (tertiary/aromatic N) is 2. The quantitative estimate of drug-likeness (QED) is 0.747. The Bertz CT molecular complexity index is 673. The van der Waals surface area contributed by atoms with Gasteiger partial charge in [0.1, 0.15) is 5.82 Å². The normalized spacial score (nSPS) is 16.0. The predicted octanol–water partition coefficient (Wildman–Crippen LogP) is 1.92. The number of piperazine rings is 1. The maximum Gasteiger partial charge on any atom is 0.146 e. The summed E-state index contributed by atoms with van der Waals surface area (Å²) in [6.45, 7) is 3.30. The van der Waals surface area contributed by atoms with Gasteiger partial charge in [-0.25, -0.2) is 4.39 Å². The maximum atomic E-state index is 13.9. The van der Waals surface area contributed by atoms with Crippen LogP contribution in [0.2, 0.25) is 0 Å². The van der Waals surface area contributed by atoms with E-state index in [1.807, 2.05) is 36.4 Å². The van der Waals surface area contributed by atoms with Crippen molar-refractivity contribution < 1.29 is 14.6 Å². The van der Waals surface area contributed by atoms with Gasteiger partial charge >= 0.3 is 0 Å². The van der Waals surface area contributed by atoms with Gasteiger partial charge in [0.25, 0.3) is 0 Å². The van der Waals surface area contributed by atoms with Crippen LogP contribution >= 0.6 is 0 Å². The number of rotatable bonds is 6. The van der Waals surface area contributed by atoms with E-state index in [1.165, 1.54) is 6.07 Å². The van der Waals surface area contributed by atoms with Crippen LogP contribution in [0.15, 0.2) is 48.5 Å². The number of benzene rings is 2. The first kappa shape index (κ1) is 17.5. The van der Waals surface area contributed by atoms with Gasteiger partial charge in [-0.3, -0.25) is 0 Å². The van der Waals surface area contributed by atoms with Crippen LogP contribution < -0.4 is 15.1 Å². The lowest BCUT2D eigenvalue weighted by atomic mass is 10.2. The van der Waals surface area contributed by atoms with Crippen LogP contribution in [0.25, 0.3) is 0 Å². The molecule has 2 aromatic rings. The van der Waals surface area contributed by atoms with Crippen molar-refractivity contribution in [3.8, 4) is 0 Å². The minimum Gasteiger partial charge on any atom is -0.394 e. The summed E-state index contributed by atoms with van der Waals surface area (Å²) >= 11 is 0. The van der Waals surface area contributed by atoms with Gasteiger partial charge in [0.15, 0.2) is 0 Å². The molecule has 25 heavy (non-hydrogen) atoms. The molecule has 0 aliphatic carbocycles. The molecule has 1 unspecified atom stereocenters. The molecule has 1 heterocycles. The Kier molecular flexibility index (Phi) is 5.73. The minimum absolute atomic E-state index is 0.170. The van der Waals surface area contributed by atoms with E-state index in [-0.39, 0.29) is 12.4 Å². The largest absolute Gasteiger partial charge is 0.394 e. The number of para-hydroxylation sites is 1. The zero-order valence-electron chi connectivity index (χ0n) is 14.1. The lowest BCUT2D eigenvalue weighted by molar-refractivity contribution is 0.105. The molecule has 3 rings (SSSR count). The number of aliphatic hydroxyl groups is 2. The van der Waals surface area contributed by atoms with Crippen molar-refractivity contribution >= 4 is 17.1 Å². The van der Waals surface area contributed by atoms with Crippen molar-refractivity contribution in [2.24, 2.45) is 0 Å². The molecule has 0 saturated carbocycles. The van der Waals surface area contributed by atoms with Gasteiger partial charge in [0, 0.05) is 44.1 Å². The van der Waals surface area contributed by atoms with Crippen molar-refractivity contribution in [3.05, 3.63) is 54.3 Å². The Morgan fingerprint density at radius 3 is 2.24 bits per heavy atom. The van der Waals surface area contributed by atoms with E-state index in [1.54, 1.807) is 6.07 Å². The molecule has 134 valence electrons. The monoisotopic (exact) mass is 345 g/mol. The van der Waals surface area contributed by atoms with Crippen LogP contribution in [0.1, 0.15) is 0 Å². The van der Waals surface area contributed by atoms with Crippen molar-refractivity contribution in [3.63, 3.8) is 0 Å². The van der Waals surface area contributed by atoms with Gasteiger partial charge < -0.3 is 25.3 Å². The summed E-state index contributed by atoms with van der Waals surface area (Å²) in [7, 11) is 0. The zero-order valence-corrected chi connectivity index (χ0v) is 14.1. The fourth-order valence-corrected chi connectivity index (χ4v) is 3.00. The second-order valence-electron chi connectivity index (χ2n) is 6.19. The molecule has 0 amide bonds. The molecule has 3 N–H and O–H groups in total. The first-order chi connectivity index (χ1) is 12.2. The number of halogens is 1. The van der Waals surface area contributed by atoms with E-state index in [0.717, 1.165) is 37.6 Å². The Morgan fingerprint density at radius 1 is 0.960 bits per heavy atom. The van der Waals surface area contributed by atoms with E-state index < -0.39 is 6.10 Å². The van der Waals surface area contributed by atoms with Crippen molar-refractivity contribution in [1.82, 2.24) is 0 Å². The first-order valence-corrected chi connectivity index (χ1v) is 8.54. The van der Waals surface area contributed by atoms with Gasteiger partial charge in [0.05, 0.1) is 18.4 Å². The third-order valence-corrected chi connectivity index (χ3v) is 4.46. The number of anilines is 3. The molecule has 1 aliphatic rings. The second kappa shape index (κ2) is 8.18. The summed E-state index contributed by atoms with van der Waals surface area (Å²) in [5.41, 5.74) is 2.70. The van der Waals surface area contributed by atoms with Crippen LogP contribution in [-0.2, 0) is 0 Å². The van der Waals surface area contributed by atoms with Crippen LogP contribution in [-0.4, -0.2) is 55.6 Å². The summed E-state index contributed by atoms with van der Waals surface area (Å²) in [5, 5.41) is 21.3. The van der Waals surface area contributed by atoms with E-state index in [4.69, 9.17) is 5.11 Å². The Morgan fingerprint density at radius 2 is 1.60 bits per heavy atom. The molecule has 5 nitrogen and oxygen atoms in total. The Hall–Kier alpha value is -2.31. The van der Waals surface area contributed by atoms with Crippen molar-refractivity contribution in [1.29, 1.82) is 0 Å². The summed E-state index contributed by atoms with van der Waals surface area (Å²) < 4.78 is 13.9. The van der Waals surface area contributed by atoms with Crippen molar-refractivity contribution in [2.75, 3.05) is 54.4 Å². The SMILES string of the molecule is OCC(O)CNc1ccc(N2CCN(c3ccccc3F)CC2)cc1. The van der Waals surface area contributed by atoms with E-state index in [0.29, 0.717) is 12.2 Å². The van der Waals surface area contributed by atoms with E-state index in [2.05, 4.69) is 15.1 Å². The second-order valence-corrected chi connectivity index (χ2v) is 6.19. The third kappa shape index (κ3) is 4.41. The molecular weight excluding hydrogens is 321 g/mol. The topological polar surface area (TPSA) is 59.0 Å². The average molecular weight is 345 g/mol. The standard InChI is InChI=1S/C19H24FN3O2/c20-18-3-1-2-4-19(18)23-11-9-22(10-12-23)16-7-5-15(6-8-16)21-13-17(25)14-24/h1-8,17,21,24-25H,9-14H2. The fraction of sp³-hybridized carbons (Fsp3) is 0.368. The smallest absolute Gasteiger partial charge is 0.146 e. The molecule has 1 saturated heterocycles. The Balaban J connectivity index is 1.55. The highest BCUT2D eigenvalue weighted by Crippen LogP contribution is 2.23. The zero-order chi connectivity index (χ0) is 17.6. The number of nitrogens with one attached hydrogen (secondary N) is 1. The van der Waals surface area contributed by atoms with E-state index in [9.17, 15) is 9.50 Å². The molecular formula is C19H24FN3O2. The third-order valence-electron chi connectivity index (χ3n) is 4.46. The summed E-state index contributed by atoms with van der Waals surface area (Å²) in [5.74, 6) is -0.170. The van der Waals surface area contributed by atoms with Gasteiger partial charge in [0.2, 0.25) is 0 Å². The van der Waals surface area contributed by atoms with Gasteiger partial charge in [-0.1, -0.05) is 12.1 Å². The lowest BCUT2D eigenvalue weighted by Gasteiger charge is -2.37. The average Bonchev–Trinajstić information content (AvgIpc) is 2.67. The Labute approximate surface area is 147 Å². The lowest BCUT2D eigenvalue weighted by Crippen LogP contribution is -2.46. The highest BCUT2D eigenvalue weighted by molar-refractivity contribution is 5.57. The van der Waals surface area contributed by atoms with Crippen LogP contribution in [0, 0.1) is 5.82 Å². The predicted molar refractivity (Wildman–Crippen MR) is 98.9 cm³/mol. The number of hydrogen-bond acceptors (Lipinski definition) is 5. The summed E-state index contributed by atoms with van der Waals surface area (Å²) in [6, 6.07) is 14.9. The van der Waals surface area contributed by atoms with E-state index >= 15 is 0 Å². The molecule has 1 fully saturated rings. The van der Waals surface area contributed by atoms with Gasteiger partial charge in [-0.15, -0.1) is 0 Å². The first-order valence-electron chi connectivity index (χ1n) is 8.54. The molecule has 0 aromatic heterocycles. The highest BCUT2D eigenvalue weighted by atomic mass is 19.1. The highest BCUT2D eigenvalue weighted by Gasteiger charge is 2.19. The molecule has 1 aliphatic heterocycles. The fourth-order valence-electron chi connectivity index (χ4n) is 3.00. The minimum atomic E-state index is -0.758. The molecule has 6 heteroatoms. The summed E-state index contributed by atoms with van der Waals surface area (Å²) in [4.78, 5) is 4.36. The van der Waals surface area contributed by atoms with Crippen LogP contribution in [0.3, 0.4) is 0 Å². The van der Waals surface area contributed by atoms with Gasteiger partial charge in [-0.05, 0) is 36.4 Å². The van der Waals surface area contributed by atoms with Gasteiger partial charge in [-0.2, -0.15) is 0 Å². The van der Waals surface area contributed by atoms with Crippen LogP contribution in [0.4, 0.5) is 21.5 Å². The van der Waals surface area contributed by atoms with Crippen LogP contribution in [0.5, 0.6) is 0 Å². The maximum absolute atomic E-state index is 13.9. The molecule has 2 aromatic carbocycles. The number of hydrogen-bond donors (Lipinski definition) is 3. The molecule has 0 radical (unpaired) electrons. The summed E-state index contributed by atoms with van der Waals surface area (Å²) in [6.07, 6.45) is -0.758.